The number of hydrogen-bond acceptors (Lipinski definition) is 4. The number of halogens is 2. The average Bonchev–Trinajstić information content (AvgIpc) is 2.57. The molecule has 0 atom stereocenters. The molecule has 1 aliphatic heterocycles. The zero-order valence-electron chi connectivity index (χ0n) is 12.7. The second-order valence-corrected chi connectivity index (χ2v) is 5.46. The molecule has 1 aliphatic rings. The van der Waals surface area contributed by atoms with Gasteiger partial charge in [0.15, 0.2) is 6.61 Å². The minimum absolute atomic E-state index is 0.0124. The lowest BCUT2D eigenvalue weighted by Gasteiger charge is -2.42. The second-order valence-electron chi connectivity index (χ2n) is 5.46. The van der Waals surface area contributed by atoms with E-state index >= 15 is 0 Å². The number of carbonyl (C=O) groups is 1. The second kappa shape index (κ2) is 6.92. The lowest BCUT2D eigenvalue weighted by Crippen LogP contribution is -2.59. The van der Waals surface area contributed by atoms with Crippen LogP contribution in [0.3, 0.4) is 0 Å². The highest BCUT2D eigenvalue weighted by atomic mass is 19.3. The number of hydrogen-bond donors (Lipinski definition) is 1. The predicted molar refractivity (Wildman–Crippen MR) is 82.1 cm³/mol. The van der Waals surface area contributed by atoms with E-state index < -0.39 is 24.5 Å². The molecule has 0 aliphatic carbocycles. The molecule has 2 heterocycles. The molecule has 0 saturated carbocycles. The van der Waals surface area contributed by atoms with Crippen molar-refractivity contribution in [1.82, 2.24) is 10.3 Å². The van der Waals surface area contributed by atoms with E-state index in [1.165, 1.54) is 18.2 Å². The summed E-state index contributed by atoms with van der Waals surface area (Å²) in [5.41, 5.74) is 0.443. The number of nitrogens with one attached hydrogen (secondary N) is 1. The van der Waals surface area contributed by atoms with Crippen molar-refractivity contribution in [1.29, 1.82) is 0 Å². The highest BCUT2D eigenvalue weighted by Crippen LogP contribution is 2.29. The topological polar surface area (TPSA) is 60.5 Å². The lowest BCUT2D eigenvalue weighted by atomic mass is 9.88. The Kier molecular flexibility index (Phi) is 4.71. The van der Waals surface area contributed by atoms with Crippen LogP contribution in [0.1, 0.15) is 16.1 Å². The van der Waals surface area contributed by atoms with E-state index in [0.717, 1.165) is 5.56 Å². The van der Waals surface area contributed by atoms with Crippen molar-refractivity contribution in [2.45, 2.75) is 12.0 Å². The van der Waals surface area contributed by atoms with Gasteiger partial charge in [0.2, 0.25) is 5.88 Å². The molecule has 1 aromatic heterocycles. The third-order valence-corrected chi connectivity index (χ3v) is 3.69. The maximum absolute atomic E-state index is 12.5. The molecule has 1 saturated heterocycles. The molecule has 3 rings (SSSR count). The minimum atomic E-state index is -2.60. The van der Waals surface area contributed by atoms with Crippen molar-refractivity contribution in [3.63, 3.8) is 0 Å². The number of rotatable bonds is 6. The number of carbonyl (C=O) groups excluding carboxylic acids is 1. The summed E-state index contributed by atoms with van der Waals surface area (Å²) in [4.78, 5) is 16.5. The highest BCUT2D eigenvalue weighted by molar-refractivity contribution is 5.93. The summed E-state index contributed by atoms with van der Waals surface area (Å²) in [5, 5.41) is 2.92. The SMILES string of the molecule is O=C(NC1(c2ccccc2)COC1)c1cccc(OCC(F)F)n1. The molecule has 0 bridgehead atoms. The van der Waals surface area contributed by atoms with Gasteiger partial charge in [0, 0.05) is 6.07 Å². The van der Waals surface area contributed by atoms with Crippen LogP contribution in [0.2, 0.25) is 0 Å². The summed E-state index contributed by atoms with van der Waals surface area (Å²) < 4.78 is 34.5. The van der Waals surface area contributed by atoms with Gasteiger partial charge in [-0.2, -0.15) is 0 Å². The third kappa shape index (κ3) is 3.51. The van der Waals surface area contributed by atoms with Crippen LogP contribution in [0.25, 0.3) is 0 Å². The van der Waals surface area contributed by atoms with E-state index in [2.05, 4.69) is 10.3 Å². The van der Waals surface area contributed by atoms with Crippen LogP contribution in [0.4, 0.5) is 8.78 Å². The van der Waals surface area contributed by atoms with E-state index in [1.54, 1.807) is 0 Å². The van der Waals surface area contributed by atoms with Gasteiger partial charge in [0.25, 0.3) is 12.3 Å². The number of benzene rings is 1. The molecule has 0 unspecified atom stereocenters. The van der Waals surface area contributed by atoms with Gasteiger partial charge in [0.1, 0.15) is 11.2 Å². The Morgan fingerprint density at radius 3 is 2.58 bits per heavy atom. The van der Waals surface area contributed by atoms with Gasteiger partial charge in [-0.05, 0) is 11.6 Å². The number of nitrogens with zero attached hydrogens (tertiary/aromatic N) is 1. The minimum Gasteiger partial charge on any atom is -0.472 e. The normalized spacial score (nSPS) is 15.6. The van der Waals surface area contributed by atoms with Crippen LogP contribution in [-0.4, -0.2) is 37.1 Å². The van der Waals surface area contributed by atoms with E-state index in [4.69, 9.17) is 9.47 Å². The van der Waals surface area contributed by atoms with E-state index in [1.807, 2.05) is 30.3 Å². The van der Waals surface area contributed by atoms with Crippen molar-refractivity contribution >= 4 is 5.91 Å². The van der Waals surface area contributed by atoms with Crippen LogP contribution < -0.4 is 10.1 Å². The van der Waals surface area contributed by atoms with Crippen LogP contribution in [-0.2, 0) is 10.3 Å². The number of alkyl halides is 2. The lowest BCUT2D eigenvalue weighted by molar-refractivity contribution is -0.0734. The molecule has 7 heteroatoms. The number of pyridine rings is 1. The summed E-state index contributed by atoms with van der Waals surface area (Å²) in [6, 6.07) is 14.0. The molecule has 1 N–H and O–H groups in total. The Labute approximate surface area is 137 Å². The van der Waals surface area contributed by atoms with Crippen molar-refractivity contribution in [2.75, 3.05) is 19.8 Å². The van der Waals surface area contributed by atoms with Gasteiger partial charge in [-0.3, -0.25) is 4.79 Å². The van der Waals surface area contributed by atoms with E-state index in [0.29, 0.717) is 13.2 Å². The molecule has 0 radical (unpaired) electrons. The van der Waals surface area contributed by atoms with Crippen molar-refractivity contribution in [3.8, 4) is 5.88 Å². The maximum Gasteiger partial charge on any atom is 0.272 e. The molecule has 1 fully saturated rings. The summed E-state index contributed by atoms with van der Waals surface area (Å²) in [6.07, 6.45) is -2.60. The van der Waals surface area contributed by atoms with Crippen molar-refractivity contribution in [2.24, 2.45) is 0 Å². The summed E-state index contributed by atoms with van der Waals surface area (Å²) >= 11 is 0. The van der Waals surface area contributed by atoms with E-state index in [9.17, 15) is 13.6 Å². The van der Waals surface area contributed by atoms with Crippen LogP contribution in [0.15, 0.2) is 48.5 Å². The zero-order chi connectivity index (χ0) is 17.0. The van der Waals surface area contributed by atoms with Gasteiger partial charge in [-0.1, -0.05) is 36.4 Å². The Morgan fingerprint density at radius 1 is 1.21 bits per heavy atom. The molecule has 0 spiro atoms. The summed E-state index contributed by atoms with van der Waals surface area (Å²) in [5.74, 6) is -0.425. The Hall–Kier alpha value is -2.54. The first-order chi connectivity index (χ1) is 11.6. The van der Waals surface area contributed by atoms with Gasteiger partial charge < -0.3 is 14.8 Å². The summed E-state index contributed by atoms with van der Waals surface area (Å²) in [7, 11) is 0. The summed E-state index contributed by atoms with van der Waals surface area (Å²) in [6.45, 7) is -0.0332. The molecule has 2 aromatic rings. The molecule has 5 nitrogen and oxygen atoms in total. The van der Waals surface area contributed by atoms with Gasteiger partial charge >= 0.3 is 0 Å². The standard InChI is InChI=1S/C17H16F2N2O3/c18-14(19)9-24-15-8-4-7-13(20-15)16(22)21-17(10-23-11-17)12-5-2-1-3-6-12/h1-8,14H,9-11H2,(H,21,22). The predicted octanol–water partition coefficient (Wildman–Crippen LogP) is 2.38. The number of ether oxygens (including phenoxy) is 2. The number of amides is 1. The Morgan fingerprint density at radius 2 is 1.96 bits per heavy atom. The number of aromatic nitrogens is 1. The monoisotopic (exact) mass is 334 g/mol. The fraction of sp³-hybridized carbons (Fsp3) is 0.294. The molecule has 1 aromatic carbocycles. The first kappa shape index (κ1) is 16.3. The van der Waals surface area contributed by atoms with Crippen molar-refractivity contribution in [3.05, 3.63) is 59.8 Å². The van der Waals surface area contributed by atoms with Crippen LogP contribution in [0.5, 0.6) is 5.88 Å². The van der Waals surface area contributed by atoms with Crippen molar-refractivity contribution < 1.29 is 23.0 Å². The van der Waals surface area contributed by atoms with Crippen LogP contribution >= 0.6 is 0 Å². The smallest absolute Gasteiger partial charge is 0.272 e. The zero-order valence-corrected chi connectivity index (χ0v) is 12.7. The maximum atomic E-state index is 12.5. The first-order valence-electron chi connectivity index (χ1n) is 7.43. The highest BCUT2D eigenvalue weighted by Gasteiger charge is 2.42. The van der Waals surface area contributed by atoms with Gasteiger partial charge in [-0.25, -0.2) is 13.8 Å². The van der Waals surface area contributed by atoms with Gasteiger partial charge in [0.05, 0.1) is 13.2 Å². The quantitative estimate of drug-likeness (QED) is 0.881. The molecule has 24 heavy (non-hydrogen) atoms. The largest absolute Gasteiger partial charge is 0.472 e. The van der Waals surface area contributed by atoms with Gasteiger partial charge in [-0.15, -0.1) is 0 Å². The Bertz CT molecular complexity index is 706. The molecule has 126 valence electrons. The molecular formula is C17H16F2N2O3. The third-order valence-electron chi connectivity index (χ3n) is 3.69. The fourth-order valence-electron chi connectivity index (χ4n) is 2.43. The first-order valence-corrected chi connectivity index (χ1v) is 7.43. The Balaban J connectivity index is 1.73. The van der Waals surface area contributed by atoms with Crippen LogP contribution in [0, 0.1) is 0 Å². The fourth-order valence-corrected chi connectivity index (χ4v) is 2.43. The average molecular weight is 334 g/mol. The van der Waals surface area contributed by atoms with E-state index in [-0.39, 0.29) is 11.6 Å². The molecule has 1 amide bonds. The molecular weight excluding hydrogens is 318 g/mol.